The van der Waals surface area contributed by atoms with E-state index >= 15 is 0 Å². The molecule has 1 unspecified atom stereocenters. The summed E-state index contributed by atoms with van der Waals surface area (Å²) in [6.45, 7) is 0.533. The van der Waals surface area contributed by atoms with Crippen molar-refractivity contribution in [3.8, 4) is 0 Å². The number of nitrogens with zero attached hydrogens (tertiary/aromatic N) is 1. The lowest BCUT2D eigenvalue weighted by Crippen LogP contribution is -2.37. The van der Waals surface area contributed by atoms with E-state index < -0.39 is 6.10 Å². The monoisotopic (exact) mass is 269 g/mol. The number of hydrogen-bond acceptors (Lipinski definition) is 4. The van der Waals surface area contributed by atoms with Crippen molar-refractivity contribution >= 4 is 17.7 Å². The van der Waals surface area contributed by atoms with Gasteiger partial charge in [-0.15, -0.1) is 11.8 Å². The van der Waals surface area contributed by atoms with Crippen LogP contribution in [-0.4, -0.2) is 55.1 Å². The van der Waals surface area contributed by atoms with Crippen molar-refractivity contribution in [2.24, 2.45) is 0 Å². The lowest BCUT2D eigenvalue weighted by atomic mass is 10.3. The van der Waals surface area contributed by atoms with Gasteiger partial charge in [0.1, 0.15) is 0 Å². The Labute approximate surface area is 112 Å². The van der Waals surface area contributed by atoms with Crippen LogP contribution in [0.3, 0.4) is 0 Å². The number of thioether (sulfide) groups is 1. The molecule has 1 N–H and O–H groups in total. The van der Waals surface area contributed by atoms with Crippen LogP contribution in [0.5, 0.6) is 0 Å². The molecule has 0 heterocycles. The lowest BCUT2D eigenvalue weighted by molar-refractivity contribution is -0.128. The molecule has 1 amide bonds. The van der Waals surface area contributed by atoms with Crippen LogP contribution in [0.25, 0.3) is 0 Å². The molecule has 0 bridgehead atoms. The Morgan fingerprint density at radius 2 is 2.11 bits per heavy atom. The van der Waals surface area contributed by atoms with Crippen LogP contribution in [0.15, 0.2) is 35.2 Å². The number of likely N-dealkylation sites (N-methyl/N-ethyl adjacent to an activating group) is 1. The van der Waals surface area contributed by atoms with Gasteiger partial charge >= 0.3 is 0 Å². The summed E-state index contributed by atoms with van der Waals surface area (Å²) < 4.78 is 4.82. The van der Waals surface area contributed by atoms with Gasteiger partial charge in [-0.05, 0) is 12.1 Å². The third-order valence-electron chi connectivity index (χ3n) is 2.37. The minimum atomic E-state index is -0.634. The number of carbonyl (C=O) groups excluding carboxylic acids is 1. The van der Waals surface area contributed by atoms with Gasteiger partial charge in [0.15, 0.2) is 0 Å². The van der Waals surface area contributed by atoms with Crippen molar-refractivity contribution in [2.75, 3.05) is 33.1 Å². The van der Waals surface area contributed by atoms with Crippen LogP contribution in [-0.2, 0) is 9.53 Å². The van der Waals surface area contributed by atoms with Crippen molar-refractivity contribution in [2.45, 2.75) is 11.0 Å². The fourth-order valence-electron chi connectivity index (χ4n) is 1.44. The molecule has 5 heteroatoms. The zero-order chi connectivity index (χ0) is 13.4. The Hall–Kier alpha value is -1.04. The van der Waals surface area contributed by atoms with E-state index in [9.17, 15) is 9.90 Å². The molecule has 18 heavy (non-hydrogen) atoms. The predicted octanol–water partition coefficient (Wildman–Crippen LogP) is 1.24. The Balaban J connectivity index is 2.32. The van der Waals surface area contributed by atoms with Crippen LogP contribution in [0.4, 0.5) is 0 Å². The Bertz CT molecular complexity index is 359. The number of amides is 1. The Kier molecular flexibility index (Phi) is 6.78. The van der Waals surface area contributed by atoms with Gasteiger partial charge < -0.3 is 14.7 Å². The molecule has 0 saturated heterocycles. The second kappa shape index (κ2) is 8.13. The molecule has 0 saturated carbocycles. The second-order valence-corrected chi connectivity index (χ2v) is 5.03. The molecule has 0 radical (unpaired) electrons. The summed E-state index contributed by atoms with van der Waals surface area (Å²) in [5.41, 5.74) is 0. The number of methoxy groups -OCH3 is 1. The van der Waals surface area contributed by atoms with Gasteiger partial charge in [-0.1, -0.05) is 18.2 Å². The molecule has 0 fully saturated rings. The topological polar surface area (TPSA) is 49.8 Å². The summed E-state index contributed by atoms with van der Waals surface area (Å²) in [7, 11) is 3.21. The fraction of sp³-hybridized carbons (Fsp3) is 0.462. The summed E-state index contributed by atoms with van der Waals surface area (Å²) in [6, 6.07) is 9.77. The van der Waals surface area contributed by atoms with Crippen LogP contribution in [0, 0.1) is 0 Å². The van der Waals surface area contributed by atoms with Crippen molar-refractivity contribution in [1.29, 1.82) is 0 Å². The zero-order valence-electron chi connectivity index (χ0n) is 10.7. The zero-order valence-corrected chi connectivity index (χ0v) is 11.5. The first-order valence-corrected chi connectivity index (χ1v) is 6.71. The first-order valence-electron chi connectivity index (χ1n) is 5.72. The molecule has 4 nitrogen and oxygen atoms in total. The normalized spacial score (nSPS) is 12.2. The van der Waals surface area contributed by atoms with Crippen LogP contribution in [0.1, 0.15) is 0 Å². The van der Waals surface area contributed by atoms with Gasteiger partial charge in [-0.25, -0.2) is 0 Å². The summed E-state index contributed by atoms with van der Waals surface area (Å²) in [6.07, 6.45) is -0.634. The molecule has 0 aliphatic rings. The van der Waals surface area contributed by atoms with E-state index in [0.29, 0.717) is 12.3 Å². The van der Waals surface area contributed by atoms with Crippen LogP contribution < -0.4 is 0 Å². The first-order chi connectivity index (χ1) is 8.63. The molecule has 100 valence electrons. The highest BCUT2D eigenvalue weighted by Gasteiger charge is 2.13. The van der Waals surface area contributed by atoms with Crippen LogP contribution in [0.2, 0.25) is 0 Å². The molecule has 0 spiro atoms. The third kappa shape index (κ3) is 5.53. The first kappa shape index (κ1) is 15.0. The molecular formula is C13H19NO3S. The highest BCUT2D eigenvalue weighted by atomic mass is 32.2. The van der Waals surface area contributed by atoms with Gasteiger partial charge in [0.2, 0.25) is 5.91 Å². The molecule has 0 aromatic heterocycles. The largest absolute Gasteiger partial charge is 0.389 e. The average Bonchev–Trinajstić information content (AvgIpc) is 2.37. The van der Waals surface area contributed by atoms with Crippen molar-refractivity contribution in [3.63, 3.8) is 0 Å². The number of aliphatic hydroxyl groups excluding tert-OH is 1. The number of benzene rings is 1. The third-order valence-corrected chi connectivity index (χ3v) is 3.37. The van der Waals surface area contributed by atoms with Gasteiger partial charge in [0, 0.05) is 25.6 Å². The molecule has 0 aliphatic carbocycles. The standard InChI is InChI=1S/C13H19NO3S/c1-14(8-11(15)9-17-2)13(16)10-18-12-6-4-3-5-7-12/h3-7,11,15H,8-10H2,1-2H3. The van der Waals surface area contributed by atoms with Crippen molar-refractivity contribution in [1.82, 2.24) is 4.90 Å². The van der Waals surface area contributed by atoms with Crippen LogP contribution >= 0.6 is 11.8 Å². The molecule has 1 rings (SSSR count). The Morgan fingerprint density at radius 1 is 1.44 bits per heavy atom. The second-order valence-electron chi connectivity index (χ2n) is 3.99. The maximum absolute atomic E-state index is 11.8. The number of hydrogen-bond donors (Lipinski definition) is 1. The van der Waals surface area contributed by atoms with Gasteiger partial charge in [0.05, 0.1) is 18.5 Å². The highest BCUT2D eigenvalue weighted by Crippen LogP contribution is 2.17. The molecule has 1 atom stereocenters. The van der Waals surface area contributed by atoms with E-state index in [4.69, 9.17) is 4.74 Å². The molecule has 1 aromatic rings. The van der Waals surface area contributed by atoms with Gasteiger partial charge in [-0.3, -0.25) is 4.79 Å². The summed E-state index contributed by atoms with van der Waals surface area (Å²) in [5, 5.41) is 9.53. The molecular weight excluding hydrogens is 250 g/mol. The lowest BCUT2D eigenvalue weighted by Gasteiger charge is -2.20. The predicted molar refractivity (Wildman–Crippen MR) is 72.7 cm³/mol. The summed E-state index contributed by atoms with van der Waals surface area (Å²) in [5.74, 6) is 0.374. The molecule has 0 aliphatic heterocycles. The summed E-state index contributed by atoms with van der Waals surface area (Å²) >= 11 is 1.49. The number of carbonyl (C=O) groups is 1. The number of rotatable bonds is 7. The van der Waals surface area contributed by atoms with E-state index in [0.717, 1.165) is 4.90 Å². The number of ether oxygens (including phenoxy) is 1. The van der Waals surface area contributed by atoms with E-state index in [2.05, 4.69) is 0 Å². The van der Waals surface area contributed by atoms with E-state index in [-0.39, 0.29) is 12.5 Å². The van der Waals surface area contributed by atoms with E-state index in [1.165, 1.54) is 23.8 Å². The van der Waals surface area contributed by atoms with Gasteiger partial charge in [-0.2, -0.15) is 0 Å². The SMILES string of the molecule is COCC(O)CN(C)C(=O)CSc1ccccc1. The van der Waals surface area contributed by atoms with E-state index in [1.807, 2.05) is 30.3 Å². The maximum Gasteiger partial charge on any atom is 0.232 e. The van der Waals surface area contributed by atoms with Gasteiger partial charge in [0.25, 0.3) is 0 Å². The molecule has 1 aromatic carbocycles. The Morgan fingerprint density at radius 3 is 2.72 bits per heavy atom. The minimum Gasteiger partial charge on any atom is -0.389 e. The minimum absolute atomic E-state index is 0.000920. The highest BCUT2D eigenvalue weighted by molar-refractivity contribution is 8.00. The quantitative estimate of drug-likeness (QED) is 0.757. The van der Waals surface area contributed by atoms with Crippen molar-refractivity contribution in [3.05, 3.63) is 30.3 Å². The number of aliphatic hydroxyl groups is 1. The smallest absolute Gasteiger partial charge is 0.232 e. The van der Waals surface area contributed by atoms with E-state index in [1.54, 1.807) is 7.05 Å². The maximum atomic E-state index is 11.8. The average molecular weight is 269 g/mol. The van der Waals surface area contributed by atoms with Crippen molar-refractivity contribution < 1.29 is 14.6 Å². The fourth-order valence-corrected chi connectivity index (χ4v) is 2.30. The summed E-state index contributed by atoms with van der Waals surface area (Å²) in [4.78, 5) is 14.4.